The second-order valence-corrected chi connectivity index (χ2v) is 10.7. The minimum atomic E-state index is -0.274. The van der Waals surface area contributed by atoms with Gasteiger partial charge in [-0.05, 0) is 37.1 Å². The largest absolute Gasteiger partial charge is 0.494 e. The average Bonchev–Trinajstić information content (AvgIpc) is 3.37. The lowest BCUT2D eigenvalue weighted by molar-refractivity contribution is -0.111. The van der Waals surface area contributed by atoms with Crippen LogP contribution < -0.4 is 20.3 Å². The maximum Gasteiger partial charge on any atom is 0.247 e. The van der Waals surface area contributed by atoms with E-state index in [1.54, 1.807) is 14.2 Å². The van der Waals surface area contributed by atoms with Crippen LogP contribution in [0.25, 0.3) is 22.2 Å². The first-order valence-corrected chi connectivity index (χ1v) is 14.1. The van der Waals surface area contributed by atoms with E-state index in [0.29, 0.717) is 35.1 Å². The number of carbonyl (C=O) groups is 1. The standard InChI is InChI=1S/C31H36N8O3/c1-5-31(40)36-25-13-26(29(42-4)15-28(25)38-10-8-22(9-11-38)39-17-23(18-39)41-3)35-30-14-24(32-19-33-30)20-6-7-27-21(12-20)16-34-37(27)2/h5-7,12-16,19,22-23H,1,8-11,17-18H2,2-4H3,(H,36,40)(H,32,33,35). The van der Waals surface area contributed by atoms with Crippen LogP contribution in [0.15, 0.2) is 61.6 Å². The van der Waals surface area contributed by atoms with Gasteiger partial charge in [0.25, 0.3) is 0 Å². The molecule has 6 rings (SSSR count). The smallest absolute Gasteiger partial charge is 0.247 e. The predicted octanol–water partition coefficient (Wildman–Crippen LogP) is 4.21. The van der Waals surface area contributed by atoms with E-state index in [4.69, 9.17) is 9.47 Å². The average molecular weight is 569 g/mol. The molecule has 2 fully saturated rings. The van der Waals surface area contributed by atoms with Gasteiger partial charge < -0.3 is 25.0 Å². The molecule has 42 heavy (non-hydrogen) atoms. The lowest BCUT2D eigenvalue weighted by atomic mass is 9.98. The SMILES string of the molecule is C=CC(=O)Nc1cc(Nc2cc(-c3ccc4c(cnn4C)c3)ncn2)c(OC)cc1N1CCC(N2CC(OC)C2)CC1. The lowest BCUT2D eigenvalue weighted by Gasteiger charge is -2.47. The summed E-state index contributed by atoms with van der Waals surface area (Å²) in [6.07, 6.45) is 7.09. The van der Waals surface area contributed by atoms with Crippen molar-refractivity contribution in [1.29, 1.82) is 0 Å². The van der Waals surface area contributed by atoms with Crippen LogP contribution >= 0.6 is 0 Å². The van der Waals surface area contributed by atoms with Gasteiger partial charge in [-0.15, -0.1) is 0 Å². The lowest BCUT2D eigenvalue weighted by Crippen LogP contribution is -2.58. The maximum absolute atomic E-state index is 12.4. The Morgan fingerprint density at radius 3 is 2.62 bits per heavy atom. The van der Waals surface area contributed by atoms with E-state index in [9.17, 15) is 4.79 Å². The zero-order valence-electron chi connectivity index (χ0n) is 24.2. The van der Waals surface area contributed by atoms with Crippen molar-refractivity contribution in [3.8, 4) is 17.0 Å². The fraction of sp³-hybridized carbons (Fsp3) is 0.355. The Kier molecular flexibility index (Phi) is 7.77. The highest BCUT2D eigenvalue weighted by Gasteiger charge is 2.34. The summed E-state index contributed by atoms with van der Waals surface area (Å²) in [4.78, 5) is 26.2. The zero-order chi connectivity index (χ0) is 29.2. The molecule has 4 heterocycles. The third kappa shape index (κ3) is 5.53. The number of benzene rings is 2. The molecule has 1 amide bonds. The van der Waals surface area contributed by atoms with Gasteiger partial charge in [0.1, 0.15) is 17.9 Å². The van der Waals surface area contributed by atoms with Gasteiger partial charge in [0.05, 0.1) is 47.7 Å². The number of aryl methyl sites for hydroxylation is 1. The van der Waals surface area contributed by atoms with Gasteiger partial charge in [-0.2, -0.15) is 5.10 Å². The highest BCUT2D eigenvalue weighted by Crippen LogP contribution is 2.40. The second-order valence-electron chi connectivity index (χ2n) is 10.7. The van der Waals surface area contributed by atoms with Gasteiger partial charge in [0.15, 0.2) is 0 Å². The number of nitrogens with zero attached hydrogens (tertiary/aromatic N) is 6. The van der Waals surface area contributed by atoms with Crippen molar-refractivity contribution in [1.82, 2.24) is 24.6 Å². The number of methoxy groups -OCH3 is 2. The number of nitrogens with one attached hydrogen (secondary N) is 2. The van der Waals surface area contributed by atoms with E-state index in [-0.39, 0.29) is 5.91 Å². The second kappa shape index (κ2) is 11.8. The summed E-state index contributed by atoms with van der Waals surface area (Å²) in [5.74, 6) is 0.970. The quantitative estimate of drug-likeness (QED) is 0.287. The van der Waals surface area contributed by atoms with E-state index >= 15 is 0 Å². The van der Waals surface area contributed by atoms with Crippen LogP contribution in [0.5, 0.6) is 5.75 Å². The molecule has 2 aliphatic heterocycles. The van der Waals surface area contributed by atoms with Crippen LogP contribution in [0.2, 0.25) is 0 Å². The number of hydrogen-bond acceptors (Lipinski definition) is 9. The van der Waals surface area contributed by atoms with Gasteiger partial charge in [-0.3, -0.25) is 14.4 Å². The molecule has 0 aliphatic carbocycles. The maximum atomic E-state index is 12.4. The van der Waals surface area contributed by atoms with Gasteiger partial charge >= 0.3 is 0 Å². The molecular formula is C31H36N8O3. The molecule has 2 aromatic carbocycles. The summed E-state index contributed by atoms with van der Waals surface area (Å²) in [7, 11) is 5.34. The number of anilines is 4. The van der Waals surface area contributed by atoms with Gasteiger partial charge in [0.2, 0.25) is 5.91 Å². The van der Waals surface area contributed by atoms with Gasteiger partial charge in [-0.25, -0.2) is 9.97 Å². The first-order chi connectivity index (χ1) is 20.4. The number of rotatable bonds is 9. The number of aromatic nitrogens is 4. The molecule has 0 saturated carbocycles. The Morgan fingerprint density at radius 2 is 1.88 bits per heavy atom. The number of carbonyl (C=O) groups excluding carboxylic acids is 1. The summed E-state index contributed by atoms with van der Waals surface area (Å²) in [6, 6.07) is 12.4. The predicted molar refractivity (Wildman–Crippen MR) is 164 cm³/mol. The van der Waals surface area contributed by atoms with Crippen LogP contribution in [0.1, 0.15) is 12.8 Å². The molecule has 4 aromatic rings. The summed E-state index contributed by atoms with van der Waals surface area (Å²) in [6.45, 7) is 7.39. The summed E-state index contributed by atoms with van der Waals surface area (Å²) >= 11 is 0. The number of likely N-dealkylation sites (tertiary alicyclic amines) is 1. The van der Waals surface area contributed by atoms with E-state index in [2.05, 4.69) is 48.1 Å². The normalized spacial score (nSPS) is 16.3. The molecule has 2 saturated heterocycles. The molecule has 0 unspecified atom stereocenters. The van der Waals surface area contributed by atoms with Crippen molar-refractivity contribution >= 4 is 39.7 Å². The van der Waals surface area contributed by atoms with E-state index in [0.717, 1.165) is 66.9 Å². The van der Waals surface area contributed by atoms with Crippen LogP contribution in [-0.2, 0) is 16.6 Å². The molecule has 2 N–H and O–H groups in total. The summed E-state index contributed by atoms with van der Waals surface area (Å²) in [5.41, 5.74) is 5.06. The highest BCUT2D eigenvalue weighted by molar-refractivity contribution is 6.02. The Bertz CT molecular complexity index is 1610. The molecule has 0 spiro atoms. The van der Waals surface area contributed by atoms with Crippen molar-refractivity contribution in [3.05, 3.63) is 61.6 Å². The van der Waals surface area contributed by atoms with Crippen molar-refractivity contribution in [2.24, 2.45) is 7.05 Å². The van der Waals surface area contributed by atoms with Gasteiger partial charge in [-0.1, -0.05) is 12.6 Å². The number of hydrogen-bond donors (Lipinski definition) is 2. The summed E-state index contributed by atoms with van der Waals surface area (Å²) in [5, 5.41) is 11.7. The molecule has 0 radical (unpaired) electrons. The first-order valence-electron chi connectivity index (χ1n) is 14.1. The number of amides is 1. The van der Waals surface area contributed by atoms with E-state index < -0.39 is 0 Å². The molecular weight excluding hydrogens is 532 g/mol. The van der Waals surface area contributed by atoms with Crippen LogP contribution in [-0.4, -0.2) is 83.1 Å². The minimum absolute atomic E-state index is 0.274. The molecule has 11 nitrogen and oxygen atoms in total. The highest BCUT2D eigenvalue weighted by atomic mass is 16.5. The number of ether oxygens (including phenoxy) is 2. The van der Waals surface area contributed by atoms with Crippen LogP contribution in [0.3, 0.4) is 0 Å². The Morgan fingerprint density at radius 1 is 1.07 bits per heavy atom. The Hall–Kier alpha value is -4.48. The Labute approximate surface area is 245 Å². The van der Waals surface area contributed by atoms with E-state index in [1.807, 2.05) is 48.3 Å². The van der Waals surface area contributed by atoms with Crippen molar-refractivity contribution in [3.63, 3.8) is 0 Å². The molecule has 0 atom stereocenters. The minimum Gasteiger partial charge on any atom is -0.494 e. The third-order valence-corrected chi connectivity index (χ3v) is 8.26. The van der Waals surface area contributed by atoms with Crippen LogP contribution in [0.4, 0.5) is 22.9 Å². The fourth-order valence-electron chi connectivity index (χ4n) is 5.81. The monoisotopic (exact) mass is 568 g/mol. The third-order valence-electron chi connectivity index (χ3n) is 8.26. The van der Waals surface area contributed by atoms with Crippen molar-refractivity contribution in [2.45, 2.75) is 25.0 Å². The van der Waals surface area contributed by atoms with E-state index in [1.165, 1.54) is 12.4 Å². The summed E-state index contributed by atoms with van der Waals surface area (Å²) < 4.78 is 13.1. The molecule has 2 aromatic heterocycles. The zero-order valence-corrected chi connectivity index (χ0v) is 24.2. The fourth-order valence-corrected chi connectivity index (χ4v) is 5.81. The Balaban J connectivity index is 1.25. The van der Waals surface area contributed by atoms with Crippen molar-refractivity contribution < 1.29 is 14.3 Å². The number of fused-ring (bicyclic) bond motifs is 1. The molecule has 11 heteroatoms. The molecule has 0 bridgehead atoms. The molecule has 2 aliphatic rings. The first kappa shape index (κ1) is 27.7. The number of piperidine rings is 1. The molecule has 218 valence electrons. The van der Waals surface area contributed by atoms with Crippen LogP contribution in [0, 0.1) is 0 Å². The topological polar surface area (TPSA) is 110 Å². The van der Waals surface area contributed by atoms with Gasteiger partial charge in [0, 0.05) is 69.5 Å². The van der Waals surface area contributed by atoms with Crippen molar-refractivity contribution in [2.75, 3.05) is 55.9 Å².